The van der Waals surface area contributed by atoms with Gasteiger partial charge in [-0.1, -0.05) is 30.3 Å². The summed E-state index contributed by atoms with van der Waals surface area (Å²) in [5.41, 5.74) is 0.0487. The van der Waals surface area contributed by atoms with Crippen molar-refractivity contribution in [1.29, 1.82) is 5.26 Å². The zero-order chi connectivity index (χ0) is 24.0. The maximum atomic E-state index is 13.8. The van der Waals surface area contributed by atoms with E-state index in [4.69, 9.17) is 19.5 Å². The lowest BCUT2D eigenvalue weighted by atomic mass is 9.96. The number of halogens is 1. The van der Waals surface area contributed by atoms with Crippen molar-refractivity contribution in [2.75, 3.05) is 13.2 Å². The molecule has 0 spiro atoms. The summed E-state index contributed by atoms with van der Waals surface area (Å²) in [5, 5.41) is 11.5. The Labute approximate surface area is 191 Å². The molecule has 1 fully saturated rings. The smallest absolute Gasteiger partial charge is 0.411 e. The fourth-order valence-corrected chi connectivity index (χ4v) is 3.20. The van der Waals surface area contributed by atoms with Gasteiger partial charge in [0.1, 0.15) is 36.0 Å². The van der Waals surface area contributed by atoms with Crippen molar-refractivity contribution in [2.24, 2.45) is 5.92 Å². The van der Waals surface area contributed by atoms with Gasteiger partial charge in [-0.3, -0.25) is 4.90 Å². The van der Waals surface area contributed by atoms with Gasteiger partial charge in [-0.05, 0) is 38.5 Å². The minimum Gasteiger partial charge on any atom is -0.493 e. The third-order valence-corrected chi connectivity index (χ3v) is 4.85. The minimum atomic E-state index is -0.716. The van der Waals surface area contributed by atoms with E-state index in [9.17, 15) is 14.0 Å². The molecular formula is C24H26FN3O5. The molecule has 33 heavy (non-hydrogen) atoms. The van der Waals surface area contributed by atoms with Crippen molar-refractivity contribution >= 4 is 12.2 Å². The number of hydrogen-bond donors (Lipinski definition) is 1. The monoisotopic (exact) mass is 455 g/mol. The molecular weight excluding hydrogens is 429 g/mol. The van der Waals surface area contributed by atoms with E-state index < -0.39 is 29.8 Å². The molecule has 0 bridgehead atoms. The van der Waals surface area contributed by atoms with Gasteiger partial charge in [0.05, 0.1) is 18.1 Å². The molecule has 1 aliphatic heterocycles. The first-order chi connectivity index (χ1) is 15.7. The van der Waals surface area contributed by atoms with Gasteiger partial charge in [-0.25, -0.2) is 14.0 Å². The van der Waals surface area contributed by atoms with E-state index in [1.807, 2.05) is 30.3 Å². The normalized spacial score (nSPS) is 17.4. The highest BCUT2D eigenvalue weighted by molar-refractivity contribution is 5.72. The summed E-state index contributed by atoms with van der Waals surface area (Å²) in [6.07, 6.45) is -1.98. The zero-order valence-corrected chi connectivity index (χ0v) is 18.7. The molecule has 2 aromatic rings. The average molecular weight is 455 g/mol. The molecule has 0 aliphatic carbocycles. The third kappa shape index (κ3) is 6.59. The predicted octanol–water partition coefficient (Wildman–Crippen LogP) is 4.20. The van der Waals surface area contributed by atoms with Crippen LogP contribution in [0.25, 0.3) is 0 Å². The van der Waals surface area contributed by atoms with Crippen LogP contribution in [0.3, 0.4) is 0 Å². The van der Waals surface area contributed by atoms with Gasteiger partial charge in [0.25, 0.3) is 0 Å². The molecule has 2 amide bonds. The van der Waals surface area contributed by atoms with Crippen LogP contribution in [0.5, 0.6) is 5.75 Å². The Hall–Kier alpha value is -3.80. The number of alkyl carbamates (subject to hydrolysis) is 1. The van der Waals surface area contributed by atoms with Crippen molar-refractivity contribution in [3.63, 3.8) is 0 Å². The Balaban J connectivity index is 1.62. The first-order valence-electron chi connectivity index (χ1n) is 10.5. The number of likely N-dealkylation sites (tertiary alicyclic amines) is 1. The van der Waals surface area contributed by atoms with Gasteiger partial charge in [0.2, 0.25) is 0 Å². The van der Waals surface area contributed by atoms with E-state index in [-0.39, 0.29) is 37.0 Å². The largest absolute Gasteiger partial charge is 0.493 e. The molecule has 0 aromatic heterocycles. The molecule has 174 valence electrons. The van der Waals surface area contributed by atoms with Crippen LogP contribution in [0, 0.1) is 23.1 Å². The highest BCUT2D eigenvalue weighted by atomic mass is 19.1. The number of benzene rings is 2. The van der Waals surface area contributed by atoms with Crippen molar-refractivity contribution in [1.82, 2.24) is 10.2 Å². The summed E-state index contributed by atoms with van der Waals surface area (Å²) in [6.45, 7) is 5.72. The number of rotatable bonds is 6. The Morgan fingerprint density at radius 3 is 2.58 bits per heavy atom. The number of nitrogens with zero attached hydrogens (tertiary/aromatic N) is 2. The van der Waals surface area contributed by atoms with Gasteiger partial charge in [0, 0.05) is 12.6 Å². The average Bonchev–Trinajstić information content (AvgIpc) is 2.75. The lowest BCUT2D eigenvalue weighted by Gasteiger charge is -2.47. The van der Waals surface area contributed by atoms with Crippen LogP contribution < -0.4 is 10.1 Å². The highest BCUT2D eigenvalue weighted by Gasteiger charge is 2.45. The van der Waals surface area contributed by atoms with Gasteiger partial charge >= 0.3 is 12.2 Å². The Bertz CT molecular complexity index is 1030. The maximum absolute atomic E-state index is 13.8. The Morgan fingerprint density at radius 2 is 1.94 bits per heavy atom. The second-order valence-electron chi connectivity index (χ2n) is 8.61. The summed E-state index contributed by atoms with van der Waals surface area (Å²) in [5.74, 6) is -0.716. The van der Waals surface area contributed by atoms with Gasteiger partial charge < -0.3 is 19.5 Å². The quantitative estimate of drug-likeness (QED) is 0.701. The molecule has 9 heteroatoms. The van der Waals surface area contributed by atoms with Crippen LogP contribution in [0.1, 0.15) is 31.9 Å². The fourth-order valence-electron chi connectivity index (χ4n) is 3.20. The maximum Gasteiger partial charge on any atom is 0.411 e. The second-order valence-corrected chi connectivity index (χ2v) is 8.61. The molecule has 1 aliphatic rings. The van der Waals surface area contributed by atoms with Crippen LogP contribution in [-0.4, -0.2) is 42.0 Å². The van der Waals surface area contributed by atoms with Crippen LogP contribution >= 0.6 is 0 Å². The summed E-state index contributed by atoms with van der Waals surface area (Å²) in [7, 11) is 0. The van der Waals surface area contributed by atoms with Crippen LogP contribution in [0.2, 0.25) is 0 Å². The molecule has 2 aromatic carbocycles. The van der Waals surface area contributed by atoms with E-state index in [0.717, 1.165) is 11.6 Å². The number of ether oxygens (including phenoxy) is 3. The second kappa shape index (κ2) is 10.2. The van der Waals surface area contributed by atoms with Crippen LogP contribution in [0.15, 0.2) is 48.5 Å². The van der Waals surface area contributed by atoms with Gasteiger partial charge in [-0.2, -0.15) is 5.26 Å². The first-order valence-corrected chi connectivity index (χ1v) is 10.5. The molecule has 1 N–H and O–H groups in total. The van der Waals surface area contributed by atoms with Crippen molar-refractivity contribution in [3.05, 3.63) is 65.5 Å². The van der Waals surface area contributed by atoms with Crippen molar-refractivity contribution in [3.8, 4) is 11.8 Å². The third-order valence-electron chi connectivity index (χ3n) is 4.85. The SMILES string of the molecule is CC(C)(C)OC(=O)N1CC(COc2ccc(C#N)c(F)c2)C1NC(=O)OCc1ccccc1. The topological polar surface area (TPSA) is 101 Å². The lowest BCUT2D eigenvalue weighted by Crippen LogP contribution is -2.67. The van der Waals surface area contributed by atoms with Crippen molar-refractivity contribution in [2.45, 2.75) is 39.1 Å². The Morgan fingerprint density at radius 1 is 1.21 bits per heavy atom. The zero-order valence-electron chi connectivity index (χ0n) is 18.7. The fraction of sp³-hybridized carbons (Fsp3) is 0.375. The predicted molar refractivity (Wildman–Crippen MR) is 117 cm³/mol. The van der Waals surface area contributed by atoms with E-state index in [0.29, 0.717) is 0 Å². The van der Waals surface area contributed by atoms with E-state index in [1.54, 1.807) is 26.8 Å². The minimum absolute atomic E-state index is 0.0807. The number of carbonyl (C=O) groups excluding carboxylic acids is 2. The number of nitriles is 1. The molecule has 1 saturated heterocycles. The lowest BCUT2D eigenvalue weighted by molar-refractivity contribution is -0.0500. The van der Waals surface area contributed by atoms with Crippen LogP contribution in [-0.2, 0) is 16.1 Å². The number of hydrogen-bond acceptors (Lipinski definition) is 6. The van der Waals surface area contributed by atoms with E-state index in [2.05, 4.69) is 5.32 Å². The van der Waals surface area contributed by atoms with Gasteiger partial charge in [-0.15, -0.1) is 0 Å². The molecule has 3 rings (SSSR count). The number of nitrogens with one attached hydrogen (secondary N) is 1. The number of carbonyl (C=O) groups is 2. The summed E-state index contributed by atoms with van der Waals surface area (Å²) >= 11 is 0. The molecule has 0 saturated carbocycles. The van der Waals surface area contributed by atoms with Crippen LogP contribution in [0.4, 0.5) is 14.0 Å². The van der Waals surface area contributed by atoms with Crippen molar-refractivity contribution < 1.29 is 28.2 Å². The summed E-state index contributed by atoms with van der Waals surface area (Å²) in [6, 6.07) is 14.9. The standard InChI is InChI=1S/C24H26FN3O5/c1-24(2,3)33-23(30)28-13-18(15-31-19-10-9-17(12-26)20(25)11-19)21(28)27-22(29)32-14-16-7-5-4-6-8-16/h4-11,18,21H,13-15H2,1-3H3,(H,27,29). The first kappa shape index (κ1) is 23.9. The molecule has 8 nitrogen and oxygen atoms in total. The van der Waals surface area contributed by atoms with Gasteiger partial charge in [0.15, 0.2) is 0 Å². The Kier molecular flexibility index (Phi) is 7.38. The summed E-state index contributed by atoms with van der Waals surface area (Å²) in [4.78, 5) is 26.3. The highest BCUT2D eigenvalue weighted by Crippen LogP contribution is 2.27. The summed E-state index contributed by atoms with van der Waals surface area (Å²) < 4.78 is 30.1. The van der Waals surface area contributed by atoms with E-state index in [1.165, 1.54) is 17.0 Å². The van der Waals surface area contributed by atoms with E-state index >= 15 is 0 Å². The molecule has 2 atom stereocenters. The molecule has 1 heterocycles. The molecule has 0 radical (unpaired) electrons. The molecule has 2 unspecified atom stereocenters. The number of amides is 2.